The van der Waals surface area contributed by atoms with Crippen molar-refractivity contribution in [3.05, 3.63) is 83.9 Å². The third-order valence-electron chi connectivity index (χ3n) is 7.85. The highest BCUT2D eigenvalue weighted by molar-refractivity contribution is 7.92. The normalized spacial score (nSPS) is 22.2. The van der Waals surface area contributed by atoms with Crippen LogP contribution in [0.1, 0.15) is 36.3 Å². The maximum atomic E-state index is 13.5. The molecular weight excluding hydrogens is 454 g/mol. The van der Waals surface area contributed by atoms with Crippen LogP contribution >= 0.6 is 0 Å². The highest BCUT2D eigenvalue weighted by atomic mass is 32.2. The van der Waals surface area contributed by atoms with Crippen LogP contribution in [0.5, 0.6) is 0 Å². The Labute approximate surface area is 208 Å². The Hall–Kier alpha value is -2.67. The molecule has 3 aromatic carbocycles. The molecule has 182 valence electrons. The lowest BCUT2D eigenvalue weighted by atomic mass is 9.98. The highest BCUT2D eigenvalue weighted by Crippen LogP contribution is 2.44. The lowest BCUT2D eigenvalue weighted by Crippen LogP contribution is -2.34. The molecule has 2 N–H and O–H groups in total. The summed E-state index contributed by atoms with van der Waals surface area (Å²) >= 11 is 0. The second-order valence-electron chi connectivity index (χ2n) is 10.2. The van der Waals surface area contributed by atoms with Gasteiger partial charge in [-0.3, -0.25) is 4.31 Å². The molecule has 5 nitrogen and oxygen atoms in total. The first-order valence-electron chi connectivity index (χ1n) is 12.8. The fraction of sp³-hybridized carbons (Fsp3) is 0.379. The number of nitrogens with zero attached hydrogens (tertiary/aromatic N) is 1. The van der Waals surface area contributed by atoms with E-state index < -0.39 is 10.0 Å². The van der Waals surface area contributed by atoms with E-state index in [1.54, 1.807) is 16.4 Å². The second kappa shape index (κ2) is 9.41. The van der Waals surface area contributed by atoms with E-state index >= 15 is 0 Å². The van der Waals surface area contributed by atoms with Gasteiger partial charge in [0.05, 0.1) is 10.6 Å². The second-order valence-corrected chi connectivity index (χ2v) is 12.0. The zero-order valence-electron chi connectivity index (χ0n) is 20.0. The molecule has 0 amide bonds. The number of fused-ring (bicyclic) bond motifs is 1. The van der Waals surface area contributed by atoms with Crippen LogP contribution in [0.2, 0.25) is 0 Å². The van der Waals surface area contributed by atoms with Gasteiger partial charge in [0.15, 0.2) is 0 Å². The summed E-state index contributed by atoms with van der Waals surface area (Å²) in [6.07, 6.45) is 4.48. The van der Waals surface area contributed by atoms with E-state index in [1.165, 1.54) is 24.8 Å². The minimum absolute atomic E-state index is 0.346. The number of rotatable bonds is 7. The molecule has 1 aliphatic carbocycles. The van der Waals surface area contributed by atoms with Gasteiger partial charge in [0, 0.05) is 18.5 Å². The van der Waals surface area contributed by atoms with E-state index in [4.69, 9.17) is 0 Å². The predicted octanol–water partition coefficient (Wildman–Crippen LogP) is 4.55. The largest absolute Gasteiger partial charge is 0.317 e. The molecule has 2 aliphatic heterocycles. The summed E-state index contributed by atoms with van der Waals surface area (Å²) in [5.74, 6) is 1.34. The van der Waals surface area contributed by atoms with Crippen LogP contribution in [-0.4, -0.2) is 40.6 Å². The third kappa shape index (κ3) is 4.63. The average molecular weight is 488 g/mol. The molecule has 0 aromatic heterocycles. The summed E-state index contributed by atoms with van der Waals surface area (Å²) in [5.41, 5.74) is 5.43. The molecule has 3 aromatic rings. The molecule has 35 heavy (non-hydrogen) atoms. The molecule has 2 atom stereocenters. The summed E-state index contributed by atoms with van der Waals surface area (Å²) in [6.45, 7) is 3.90. The number of hydrogen-bond acceptors (Lipinski definition) is 4. The van der Waals surface area contributed by atoms with E-state index in [0.717, 1.165) is 54.4 Å². The van der Waals surface area contributed by atoms with Crippen molar-refractivity contribution >= 4 is 15.7 Å². The Morgan fingerprint density at radius 2 is 1.66 bits per heavy atom. The van der Waals surface area contributed by atoms with Crippen molar-refractivity contribution in [3.63, 3.8) is 0 Å². The Morgan fingerprint density at radius 3 is 2.43 bits per heavy atom. The van der Waals surface area contributed by atoms with Crippen LogP contribution in [0.3, 0.4) is 0 Å². The number of sulfonamides is 1. The monoisotopic (exact) mass is 487 g/mol. The molecule has 3 aliphatic rings. The number of anilines is 1. The van der Waals surface area contributed by atoms with Crippen LogP contribution in [0.15, 0.2) is 77.7 Å². The van der Waals surface area contributed by atoms with Gasteiger partial charge in [-0.25, -0.2) is 8.42 Å². The molecule has 1 saturated carbocycles. The Balaban J connectivity index is 1.13. The van der Waals surface area contributed by atoms with Gasteiger partial charge in [-0.1, -0.05) is 54.6 Å². The van der Waals surface area contributed by atoms with E-state index in [2.05, 4.69) is 22.8 Å². The van der Waals surface area contributed by atoms with Crippen LogP contribution in [0.25, 0.3) is 11.1 Å². The minimum atomic E-state index is -3.58. The van der Waals surface area contributed by atoms with Crippen molar-refractivity contribution in [2.75, 3.05) is 30.5 Å². The topological polar surface area (TPSA) is 61.4 Å². The van der Waals surface area contributed by atoms with E-state index in [-0.39, 0.29) is 0 Å². The zero-order chi connectivity index (χ0) is 23.8. The van der Waals surface area contributed by atoms with Gasteiger partial charge in [-0.2, -0.15) is 0 Å². The SMILES string of the molecule is O=S(=O)(c1ccc(-c2ccccc2)cc1)N1CCc2cc(C3CC3NCC3CCNCC3)ccc21. The lowest BCUT2D eigenvalue weighted by molar-refractivity contribution is 0.355. The maximum Gasteiger partial charge on any atom is 0.264 e. The fourth-order valence-electron chi connectivity index (χ4n) is 5.64. The standard InChI is InChI=1S/C29H33N3O2S/c33-35(34,26-9-6-23(7-10-26)22-4-2-1-3-5-22)32-17-14-25-18-24(8-11-29(25)32)27-19-28(27)31-20-21-12-15-30-16-13-21/h1-11,18,21,27-28,30-31H,12-17,19-20H2. The van der Waals surface area contributed by atoms with Gasteiger partial charge in [0.2, 0.25) is 0 Å². The summed E-state index contributed by atoms with van der Waals surface area (Å²) in [6, 6.07) is 24.3. The zero-order valence-corrected chi connectivity index (χ0v) is 20.8. The molecule has 6 heteroatoms. The van der Waals surface area contributed by atoms with Gasteiger partial charge in [-0.05, 0) is 91.7 Å². The first-order chi connectivity index (χ1) is 17.1. The number of benzene rings is 3. The molecular formula is C29H33N3O2S. The molecule has 6 rings (SSSR count). The van der Waals surface area contributed by atoms with Gasteiger partial charge < -0.3 is 10.6 Å². The minimum Gasteiger partial charge on any atom is -0.317 e. The molecule has 2 heterocycles. The maximum absolute atomic E-state index is 13.5. The Morgan fingerprint density at radius 1 is 0.914 bits per heavy atom. The summed E-state index contributed by atoms with van der Waals surface area (Å²) in [7, 11) is -3.58. The van der Waals surface area contributed by atoms with Crippen molar-refractivity contribution in [2.24, 2.45) is 5.92 Å². The van der Waals surface area contributed by atoms with E-state index in [1.807, 2.05) is 48.5 Å². The van der Waals surface area contributed by atoms with Crippen molar-refractivity contribution in [2.45, 2.75) is 42.5 Å². The smallest absolute Gasteiger partial charge is 0.264 e. The van der Waals surface area contributed by atoms with Crippen LogP contribution < -0.4 is 14.9 Å². The highest BCUT2D eigenvalue weighted by Gasteiger charge is 2.39. The average Bonchev–Trinajstić information content (AvgIpc) is 3.56. The third-order valence-corrected chi connectivity index (χ3v) is 9.68. The van der Waals surface area contributed by atoms with E-state index in [0.29, 0.717) is 23.4 Å². The van der Waals surface area contributed by atoms with Crippen molar-refractivity contribution in [1.82, 2.24) is 10.6 Å². The Kier molecular flexibility index (Phi) is 6.13. The van der Waals surface area contributed by atoms with E-state index in [9.17, 15) is 8.42 Å². The van der Waals surface area contributed by atoms with Crippen LogP contribution in [0, 0.1) is 5.92 Å². The van der Waals surface area contributed by atoms with Crippen molar-refractivity contribution in [1.29, 1.82) is 0 Å². The molecule has 2 unspecified atom stereocenters. The quantitative estimate of drug-likeness (QED) is 0.513. The molecule has 0 spiro atoms. The fourth-order valence-corrected chi connectivity index (χ4v) is 7.14. The first-order valence-corrected chi connectivity index (χ1v) is 14.3. The summed E-state index contributed by atoms with van der Waals surface area (Å²) < 4.78 is 28.5. The number of hydrogen-bond donors (Lipinski definition) is 2. The summed E-state index contributed by atoms with van der Waals surface area (Å²) in [5, 5.41) is 7.21. The van der Waals surface area contributed by atoms with Gasteiger partial charge in [-0.15, -0.1) is 0 Å². The lowest BCUT2D eigenvalue weighted by Gasteiger charge is -2.23. The molecule has 2 fully saturated rings. The number of nitrogens with one attached hydrogen (secondary N) is 2. The van der Waals surface area contributed by atoms with Gasteiger partial charge >= 0.3 is 0 Å². The molecule has 0 radical (unpaired) electrons. The van der Waals surface area contributed by atoms with Crippen molar-refractivity contribution < 1.29 is 8.42 Å². The molecule has 1 saturated heterocycles. The van der Waals surface area contributed by atoms with Gasteiger partial charge in [0.1, 0.15) is 0 Å². The predicted molar refractivity (Wildman–Crippen MR) is 141 cm³/mol. The number of piperidine rings is 1. The summed E-state index contributed by atoms with van der Waals surface area (Å²) in [4.78, 5) is 0.346. The van der Waals surface area contributed by atoms with Crippen molar-refractivity contribution in [3.8, 4) is 11.1 Å². The van der Waals surface area contributed by atoms with Crippen LogP contribution in [-0.2, 0) is 16.4 Å². The molecule has 0 bridgehead atoms. The van der Waals surface area contributed by atoms with Crippen LogP contribution in [0.4, 0.5) is 5.69 Å². The van der Waals surface area contributed by atoms with Gasteiger partial charge in [0.25, 0.3) is 10.0 Å². The Bertz CT molecular complexity index is 1290. The first kappa shape index (κ1) is 22.8.